The van der Waals surface area contributed by atoms with Gasteiger partial charge in [0.1, 0.15) is 11.5 Å². The van der Waals surface area contributed by atoms with Crippen LogP contribution in [0.25, 0.3) is 22.6 Å². The Balaban J connectivity index is 1.76. The molecule has 0 radical (unpaired) electrons. The van der Waals surface area contributed by atoms with Crippen molar-refractivity contribution in [2.24, 2.45) is 0 Å². The van der Waals surface area contributed by atoms with Crippen LogP contribution in [0.4, 0.5) is 0 Å². The van der Waals surface area contributed by atoms with E-state index in [2.05, 4.69) is 9.47 Å². The lowest BCUT2D eigenvalue weighted by Gasteiger charge is -2.10. The molecule has 2 heterocycles. The quantitative estimate of drug-likeness (QED) is 0.313. The van der Waals surface area contributed by atoms with Crippen molar-refractivity contribution in [3.63, 3.8) is 0 Å². The number of carbonyl (C=O) groups is 3. The van der Waals surface area contributed by atoms with E-state index in [0.29, 0.717) is 33.8 Å². The first-order valence-corrected chi connectivity index (χ1v) is 9.63. The van der Waals surface area contributed by atoms with E-state index < -0.39 is 11.9 Å². The van der Waals surface area contributed by atoms with Gasteiger partial charge < -0.3 is 18.3 Å². The molecule has 4 aromatic rings. The van der Waals surface area contributed by atoms with E-state index in [1.54, 1.807) is 60.7 Å². The molecule has 4 rings (SSSR count). The average Bonchev–Trinajstić information content (AvgIpc) is 3.53. The molecule has 0 N–H and O–H groups in total. The largest absolute Gasteiger partial charge is 0.463 e. The Bertz CT molecular complexity index is 1210. The molecule has 0 amide bonds. The molecule has 0 fully saturated rings. The van der Waals surface area contributed by atoms with E-state index in [1.165, 1.54) is 26.4 Å². The minimum absolute atomic E-state index is 0.0380. The number of furan rings is 2. The van der Waals surface area contributed by atoms with Crippen LogP contribution in [0.2, 0.25) is 0 Å². The van der Waals surface area contributed by atoms with Gasteiger partial charge in [0.25, 0.3) is 0 Å². The van der Waals surface area contributed by atoms with E-state index >= 15 is 0 Å². The maximum Gasteiger partial charge on any atom is 0.373 e. The van der Waals surface area contributed by atoms with E-state index in [-0.39, 0.29) is 17.3 Å². The smallest absolute Gasteiger partial charge is 0.373 e. The molecule has 0 bridgehead atoms. The molecular formula is C25H18O7. The Hall–Kier alpha value is -4.39. The summed E-state index contributed by atoms with van der Waals surface area (Å²) < 4.78 is 20.6. The minimum atomic E-state index is -0.607. The van der Waals surface area contributed by atoms with Crippen molar-refractivity contribution >= 4 is 17.7 Å². The molecule has 0 spiro atoms. The molecule has 0 aliphatic carbocycles. The SMILES string of the molecule is COC(=O)c1ccc(-c2ccccc2C(=O)c2ccccc2-c2ccc(C(=O)OC)o2)o1. The zero-order valence-corrected chi connectivity index (χ0v) is 17.3. The Kier molecular flexibility index (Phi) is 5.72. The zero-order valence-electron chi connectivity index (χ0n) is 17.3. The summed E-state index contributed by atoms with van der Waals surface area (Å²) >= 11 is 0. The summed E-state index contributed by atoms with van der Waals surface area (Å²) in [4.78, 5) is 37.1. The van der Waals surface area contributed by atoms with Crippen molar-refractivity contribution in [1.82, 2.24) is 0 Å². The summed E-state index contributed by atoms with van der Waals surface area (Å²) in [5.41, 5.74) is 1.81. The number of ketones is 1. The second-order valence-electron chi connectivity index (χ2n) is 6.73. The molecule has 0 saturated heterocycles. The van der Waals surface area contributed by atoms with E-state index in [0.717, 1.165) is 0 Å². The Labute approximate surface area is 183 Å². The van der Waals surface area contributed by atoms with Crippen molar-refractivity contribution in [1.29, 1.82) is 0 Å². The van der Waals surface area contributed by atoms with Gasteiger partial charge in [-0.3, -0.25) is 4.79 Å². The van der Waals surface area contributed by atoms with Gasteiger partial charge >= 0.3 is 11.9 Å². The highest BCUT2D eigenvalue weighted by Gasteiger charge is 2.22. The van der Waals surface area contributed by atoms with Gasteiger partial charge in [0.15, 0.2) is 5.78 Å². The van der Waals surface area contributed by atoms with Gasteiger partial charge in [0, 0.05) is 22.3 Å². The average molecular weight is 430 g/mol. The molecule has 160 valence electrons. The molecule has 7 nitrogen and oxygen atoms in total. The van der Waals surface area contributed by atoms with Crippen LogP contribution in [0.1, 0.15) is 37.0 Å². The Morgan fingerprint density at radius 1 is 0.594 bits per heavy atom. The lowest BCUT2D eigenvalue weighted by Crippen LogP contribution is -2.05. The number of esters is 2. The van der Waals surface area contributed by atoms with Crippen LogP contribution in [-0.2, 0) is 9.47 Å². The first-order valence-electron chi connectivity index (χ1n) is 9.63. The monoisotopic (exact) mass is 430 g/mol. The number of carbonyl (C=O) groups excluding carboxylic acids is 3. The topological polar surface area (TPSA) is 96.0 Å². The third kappa shape index (κ3) is 3.83. The number of ether oxygens (including phenoxy) is 2. The zero-order chi connectivity index (χ0) is 22.7. The predicted octanol–water partition coefficient (Wildman–Crippen LogP) is 5.01. The second-order valence-corrected chi connectivity index (χ2v) is 6.73. The fraction of sp³-hybridized carbons (Fsp3) is 0.0800. The number of benzene rings is 2. The molecule has 0 aliphatic rings. The van der Waals surface area contributed by atoms with E-state index in [4.69, 9.17) is 8.83 Å². The third-order valence-corrected chi connectivity index (χ3v) is 4.86. The van der Waals surface area contributed by atoms with Crippen LogP contribution in [-0.4, -0.2) is 31.9 Å². The van der Waals surface area contributed by atoms with Gasteiger partial charge in [-0.1, -0.05) is 48.5 Å². The van der Waals surface area contributed by atoms with Crippen molar-refractivity contribution in [3.05, 3.63) is 95.4 Å². The molecule has 7 heteroatoms. The molecular weight excluding hydrogens is 412 g/mol. The van der Waals surface area contributed by atoms with Crippen molar-refractivity contribution < 1.29 is 32.7 Å². The molecule has 2 aromatic carbocycles. The molecule has 32 heavy (non-hydrogen) atoms. The van der Waals surface area contributed by atoms with Crippen LogP contribution in [0.15, 0.2) is 81.6 Å². The van der Waals surface area contributed by atoms with Gasteiger partial charge in [0.05, 0.1) is 14.2 Å². The number of methoxy groups -OCH3 is 2. The van der Waals surface area contributed by atoms with Crippen molar-refractivity contribution in [2.75, 3.05) is 14.2 Å². The molecule has 2 aromatic heterocycles. The highest BCUT2D eigenvalue weighted by Crippen LogP contribution is 2.32. The van der Waals surface area contributed by atoms with Gasteiger partial charge in [-0.2, -0.15) is 0 Å². The maximum atomic E-state index is 13.6. The predicted molar refractivity (Wildman–Crippen MR) is 114 cm³/mol. The van der Waals surface area contributed by atoms with Crippen LogP contribution in [0, 0.1) is 0 Å². The third-order valence-electron chi connectivity index (χ3n) is 4.86. The van der Waals surface area contributed by atoms with Gasteiger partial charge in [-0.15, -0.1) is 0 Å². The fourth-order valence-electron chi connectivity index (χ4n) is 3.32. The molecule has 0 saturated carbocycles. The van der Waals surface area contributed by atoms with Gasteiger partial charge in [-0.05, 0) is 24.3 Å². The first kappa shape index (κ1) is 20.9. The number of hydrogen-bond acceptors (Lipinski definition) is 7. The summed E-state index contributed by atoms with van der Waals surface area (Å²) in [5, 5.41) is 0. The minimum Gasteiger partial charge on any atom is -0.463 e. The van der Waals surface area contributed by atoms with Crippen molar-refractivity contribution in [2.45, 2.75) is 0 Å². The Morgan fingerprint density at radius 2 is 1.00 bits per heavy atom. The van der Waals surface area contributed by atoms with Gasteiger partial charge in [-0.25, -0.2) is 9.59 Å². The standard InChI is InChI=1S/C25H18O7/c1-29-24(27)21-13-11-19(31-21)15-7-3-5-9-17(15)23(26)18-10-6-4-8-16(18)20-12-14-22(32-20)25(28)30-2/h3-14H,1-2H3. The fourth-order valence-corrected chi connectivity index (χ4v) is 3.32. The van der Waals surface area contributed by atoms with E-state index in [1.807, 2.05) is 0 Å². The van der Waals surface area contributed by atoms with E-state index in [9.17, 15) is 14.4 Å². The van der Waals surface area contributed by atoms with Gasteiger partial charge in [0.2, 0.25) is 11.5 Å². The lowest BCUT2D eigenvalue weighted by molar-refractivity contribution is 0.0558. The summed E-state index contributed by atoms with van der Waals surface area (Å²) in [6, 6.07) is 20.1. The first-order chi connectivity index (χ1) is 15.5. The van der Waals surface area contributed by atoms with Crippen LogP contribution >= 0.6 is 0 Å². The summed E-state index contributed by atoms with van der Waals surface area (Å²) in [7, 11) is 2.53. The maximum absolute atomic E-state index is 13.6. The second kappa shape index (κ2) is 8.77. The highest BCUT2D eigenvalue weighted by atomic mass is 16.5. The number of rotatable bonds is 6. The molecule has 0 aliphatic heterocycles. The van der Waals surface area contributed by atoms with Crippen molar-refractivity contribution in [3.8, 4) is 22.6 Å². The highest BCUT2D eigenvalue weighted by molar-refractivity contribution is 6.15. The molecule has 0 unspecified atom stereocenters. The van der Waals surface area contributed by atoms with Crippen LogP contribution in [0.3, 0.4) is 0 Å². The number of hydrogen-bond donors (Lipinski definition) is 0. The van der Waals surface area contributed by atoms with Crippen LogP contribution in [0.5, 0.6) is 0 Å². The summed E-state index contributed by atoms with van der Waals surface area (Å²) in [5.74, 6) is -0.694. The normalized spacial score (nSPS) is 10.6. The van der Waals surface area contributed by atoms with Crippen LogP contribution < -0.4 is 0 Å². The summed E-state index contributed by atoms with van der Waals surface area (Å²) in [6.07, 6.45) is 0. The Morgan fingerprint density at radius 3 is 1.41 bits per heavy atom. The lowest BCUT2D eigenvalue weighted by atomic mass is 9.93. The summed E-state index contributed by atoms with van der Waals surface area (Å²) in [6.45, 7) is 0. The molecule has 0 atom stereocenters.